The smallest absolute Gasteiger partial charge is 0.136 e. The quantitative estimate of drug-likeness (QED) is 0.173. The molecule has 0 spiro atoms. The molecule has 0 amide bonds. The van der Waals surface area contributed by atoms with E-state index in [1.165, 1.54) is 83.5 Å². The number of anilines is 2. The fourth-order valence-electron chi connectivity index (χ4n) is 10.9. The van der Waals surface area contributed by atoms with E-state index in [2.05, 4.69) is 209 Å². The molecule has 9 aromatic rings. The van der Waals surface area contributed by atoms with Crippen LogP contribution >= 0.6 is 0 Å². The molecule has 12 rings (SSSR count). The van der Waals surface area contributed by atoms with Gasteiger partial charge in [-0.25, -0.2) is 0 Å². The zero-order valence-corrected chi connectivity index (χ0v) is 34.4. The van der Waals surface area contributed by atoms with Gasteiger partial charge in [0.15, 0.2) is 0 Å². The Morgan fingerprint density at radius 3 is 1.98 bits per heavy atom. The molecule has 2 unspecified atom stereocenters. The van der Waals surface area contributed by atoms with Gasteiger partial charge in [-0.3, -0.25) is 0 Å². The molecule has 0 bridgehead atoms. The lowest BCUT2D eigenvalue weighted by Gasteiger charge is -2.35. The molecule has 60 heavy (non-hydrogen) atoms. The summed E-state index contributed by atoms with van der Waals surface area (Å²) in [5.41, 5.74) is 18.3. The number of hydrogen-bond acceptors (Lipinski definition) is 2. The Bertz CT molecular complexity index is 3280. The van der Waals surface area contributed by atoms with Gasteiger partial charge in [-0.1, -0.05) is 161 Å². The molecule has 0 radical (unpaired) electrons. The first-order valence-corrected chi connectivity index (χ1v) is 21.3. The van der Waals surface area contributed by atoms with Gasteiger partial charge in [-0.05, 0) is 132 Å². The van der Waals surface area contributed by atoms with Crippen molar-refractivity contribution in [1.29, 1.82) is 0 Å². The van der Waals surface area contributed by atoms with Gasteiger partial charge in [-0.15, -0.1) is 0 Å². The summed E-state index contributed by atoms with van der Waals surface area (Å²) in [5.74, 6) is 0.644. The summed E-state index contributed by atoms with van der Waals surface area (Å²) in [6.45, 7) is 9.66. The minimum Gasteiger partial charge on any atom is -0.456 e. The third-order valence-electron chi connectivity index (χ3n) is 14.1. The van der Waals surface area contributed by atoms with Crippen molar-refractivity contribution in [2.24, 2.45) is 5.92 Å². The van der Waals surface area contributed by atoms with Gasteiger partial charge in [0.25, 0.3) is 0 Å². The maximum atomic E-state index is 6.30. The molecule has 2 heteroatoms. The molecule has 0 fully saturated rings. The second kappa shape index (κ2) is 12.8. The lowest BCUT2D eigenvalue weighted by Crippen LogP contribution is -2.28. The topological polar surface area (TPSA) is 16.4 Å². The highest BCUT2D eigenvalue weighted by molar-refractivity contribution is 6.06. The van der Waals surface area contributed by atoms with Gasteiger partial charge in [-0.2, -0.15) is 0 Å². The van der Waals surface area contributed by atoms with Gasteiger partial charge >= 0.3 is 0 Å². The Morgan fingerprint density at radius 2 is 1.12 bits per heavy atom. The molecule has 1 heterocycles. The molecule has 8 aromatic carbocycles. The van der Waals surface area contributed by atoms with E-state index in [0.717, 1.165) is 21.9 Å². The summed E-state index contributed by atoms with van der Waals surface area (Å²) < 4.78 is 6.30. The standard InChI is InChI=1S/C58H45NO/c1-57(2)51-31-39(36-12-6-5-7-13-36)19-25-45(51)47-28-23-43(34-53(47)57)59(42-22-18-37-14-8-9-15-38(37)30-42)44-24-29-48-46-26-20-40(32-52(46)58(3,4)54(48)35-44)41-21-27-50-49-16-10-11-17-55(49)60-56(50)33-41/h5-35,47,53H,1-4H3. The molecule has 0 saturated heterocycles. The van der Waals surface area contributed by atoms with Gasteiger partial charge in [0.1, 0.15) is 11.2 Å². The number of allylic oxidation sites excluding steroid dienone is 3. The summed E-state index contributed by atoms with van der Waals surface area (Å²) in [5, 5.41) is 4.80. The molecule has 3 aliphatic carbocycles. The third kappa shape index (κ3) is 5.20. The summed E-state index contributed by atoms with van der Waals surface area (Å²) >= 11 is 0. The lowest BCUT2D eigenvalue weighted by atomic mass is 9.73. The Labute approximate surface area is 351 Å². The Balaban J connectivity index is 0.947. The van der Waals surface area contributed by atoms with E-state index < -0.39 is 0 Å². The van der Waals surface area contributed by atoms with Crippen LogP contribution in [0.4, 0.5) is 11.4 Å². The predicted molar refractivity (Wildman–Crippen MR) is 251 cm³/mol. The first kappa shape index (κ1) is 35.1. The summed E-state index contributed by atoms with van der Waals surface area (Å²) in [7, 11) is 0. The van der Waals surface area contributed by atoms with Crippen LogP contribution in [0.25, 0.3) is 66.1 Å². The fraction of sp³-hybridized carbons (Fsp3) is 0.138. The highest BCUT2D eigenvalue weighted by Gasteiger charge is 2.46. The van der Waals surface area contributed by atoms with Crippen LogP contribution in [0.2, 0.25) is 0 Å². The molecule has 2 atom stereocenters. The number of rotatable bonds is 5. The van der Waals surface area contributed by atoms with E-state index in [0.29, 0.717) is 11.8 Å². The van der Waals surface area contributed by atoms with Gasteiger partial charge < -0.3 is 9.32 Å². The number of benzene rings is 8. The molecular weight excluding hydrogens is 727 g/mol. The Hall–Kier alpha value is -6.90. The zero-order valence-electron chi connectivity index (χ0n) is 34.4. The van der Waals surface area contributed by atoms with Crippen molar-refractivity contribution in [2.75, 3.05) is 4.90 Å². The van der Waals surface area contributed by atoms with Crippen LogP contribution in [-0.4, -0.2) is 0 Å². The second-order valence-electron chi connectivity index (χ2n) is 18.2. The van der Waals surface area contributed by atoms with E-state index in [1.807, 2.05) is 12.1 Å². The van der Waals surface area contributed by atoms with Crippen molar-refractivity contribution in [3.63, 3.8) is 0 Å². The molecule has 1 aromatic heterocycles. The summed E-state index contributed by atoms with van der Waals surface area (Å²) in [6, 6.07) is 62.7. The number of nitrogens with zero attached hydrogens (tertiary/aromatic N) is 1. The van der Waals surface area contributed by atoms with Crippen molar-refractivity contribution in [3.05, 3.63) is 216 Å². The number of furan rings is 1. The van der Waals surface area contributed by atoms with Crippen molar-refractivity contribution >= 4 is 44.1 Å². The van der Waals surface area contributed by atoms with Gasteiger partial charge in [0.2, 0.25) is 0 Å². The number of para-hydroxylation sites is 1. The summed E-state index contributed by atoms with van der Waals surface area (Å²) in [4.78, 5) is 2.50. The highest BCUT2D eigenvalue weighted by Crippen LogP contribution is 2.56. The van der Waals surface area contributed by atoms with E-state index in [-0.39, 0.29) is 10.8 Å². The minimum atomic E-state index is -0.206. The molecule has 3 aliphatic rings. The van der Waals surface area contributed by atoms with Crippen LogP contribution in [0.15, 0.2) is 198 Å². The van der Waals surface area contributed by atoms with E-state index in [9.17, 15) is 0 Å². The molecule has 2 nitrogen and oxygen atoms in total. The first-order chi connectivity index (χ1) is 29.2. The van der Waals surface area contributed by atoms with Crippen molar-refractivity contribution < 1.29 is 4.42 Å². The maximum absolute atomic E-state index is 6.30. The van der Waals surface area contributed by atoms with Gasteiger partial charge in [0, 0.05) is 39.2 Å². The van der Waals surface area contributed by atoms with Crippen LogP contribution in [0.1, 0.15) is 55.9 Å². The van der Waals surface area contributed by atoms with Crippen LogP contribution < -0.4 is 4.90 Å². The third-order valence-corrected chi connectivity index (χ3v) is 14.1. The average molecular weight is 772 g/mol. The van der Waals surface area contributed by atoms with Crippen LogP contribution in [-0.2, 0) is 10.8 Å². The van der Waals surface area contributed by atoms with Gasteiger partial charge in [0.05, 0.1) is 0 Å². The van der Waals surface area contributed by atoms with Crippen LogP contribution in [0, 0.1) is 5.92 Å². The maximum Gasteiger partial charge on any atom is 0.136 e. The molecule has 0 saturated carbocycles. The van der Waals surface area contributed by atoms with Crippen LogP contribution in [0.5, 0.6) is 0 Å². The average Bonchev–Trinajstić information content (AvgIpc) is 3.85. The molecule has 0 N–H and O–H groups in total. The Morgan fingerprint density at radius 1 is 0.483 bits per heavy atom. The second-order valence-corrected chi connectivity index (χ2v) is 18.2. The van der Waals surface area contributed by atoms with Crippen molar-refractivity contribution in [1.82, 2.24) is 0 Å². The monoisotopic (exact) mass is 771 g/mol. The lowest BCUT2D eigenvalue weighted by molar-refractivity contribution is 0.392. The van der Waals surface area contributed by atoms with Crippen molar-refractivity contribution in [3.8, 4) is 33.4 Å². The van der Waals surface area contributed by atoms with E-state index in [4.69, 9.17) is 4.42 Å². The largest absolute Gasteiger partial charge is 0.456 e. The van der Waals surface area contributed by atoms with Crippen molar-refractivity contribution in [2.45, 2.75) is 44.4 Å². The highest BCUT2D eigenvalue weighted by atomic mass is 16.3. The minimum absolute atomic E-state index is 0.0515. The normalized spacial score (nSPS) is 18.0. The fourth-order valence-corrected chi connectivity index (χ4v) is 10.9. The summed E-state index contributed by atoms with van der Waals surface area (Å²) in [6.07, 6.45) is 7.42. The van der Waals surface area contributed by atoms with E-state index in [1.54, 1.807) is 0 Å². The van der Waals surface area contributed by atoms with E-state index >= 15 is 0 Å². The predicted octanol–water partition coefficient (Wildman–Crippen LogP) is 15.7. The molecule has 288 valence electrons. The molecular formula is C58H45NO. The Kier molecular flexibility index (Phi) is 7.48. The first-order valence-electron chi connectivity index (χ1n) is 21.3. The van der Waals surface area contributed by atoms with Crippen LogP contribution in [0.3, 0.4) is 0 Å². The number of hydrogen-bond donors (Lipinski definition) is 0. The molecule has 0 aliphatic heterocycles. The number of fused-ring (bicyclic) bond motifs is 10. The SMILES string of the molecule is CC1(C)c2cc(-c3ccc4c(c3)oc3ccccc34)ccc2-c2ccc(N(C3=CC4C(C=C3)c3ccc(-c5ccccc5)cc3C4(C)C)c3ccc4ccccc4c3)cc21. The zero-order chi connectivity index (χ0) is 40.3.